The Morgan fingerprint density at radius 3 is 2.33 bits per heavy atom. The van der Waals surface area contributed by atoms with Crippen LogP contribution in [-0.2, 0) is 4.79 Å². The Morgan fingerprint density at radius 2 is 1.89 bits per heavy atom. The summed E-state index contributed by atoms with van der Waals surface area (Å²) >= 11 is 12.0. The van der Waals surface area contributed by atoms with Crippen LogP contribution in [0.5, 0.6) is 0 Å². The molecule has 2 rings (SSSR count). The molecule has 1 N–H and O–H groups in total. The minimum Gasteiger partial charge on any atom is -0.481 e. The summed E-state index contributed by atoms with van der Waals surface area (Å²) in [5, 5.41) is 10.3. The molecule has 1 aromatic carbocycles. The highest BCUT2D eigenvalue weighted by molar-refractivity contribution is 6.48. The second-order valence-corrected chi connectivity index (χ2v) is 6.03. The van der Waals surface area contributed by atoms with Crippen molar-refractivity contribution in [1.82, 2.24) is 0 Å². The fourth-order valence-electron chi connectivity index (χ4n) is 2.32. The Morgan fingerprint density at radius 1 is 1.33 bits per heavy atom. The lowest BCUT2D eigenvalue weighted by molar-refractivity contribution is -0.139. The van der Waals surface area contributed by atoms with Gasteiger partial charge in [0.25, 0.3) is 0 Å². The number of carboxylic acids is 1. The van der Waals surface area contributed by atoms with Gasteiger partial charge in [0.2, 0.25) is 0 Å². The van der Waals surface area contributed by atoms with Crippen molar-refractivity contribution in [3.63, 3.8) is 0 Å². The average molecular weight is 285 g/mol. The molecule has 4 heteroatoms. The maximum atomic E-state index is 11.1. The molecule has 0 aliphatic heterocycles. The lowest BCUT2D eigenvalue weighted by Crippen LogP contribution is -2.03. The molecule has 96 valence electrons. The van der Waals surface area contributed by atoms with Crippen LogP contribution in [0.3, 0.4) is 0 Å². The van der Waals surface area contributed by atoms with E-state index in [-0.39, 0.29) is 17.3 Å². The van der Waals surface area contributed by atoms with E-state index in [1.54, 1.807) is 12.1 Å². The zero-order valence-corrected chi connectivity index (χ0v) is 11.7. The van der Waals surface area contributed by atoms with Gasteiger partial charge >= 0.3 is 5.97 Å². The number of benzene rings is 1. The summed E-state index contributed by atoms with van der Waals surface area (Å²) in [6.45, 7) is 3.89. The summed E-state index contributed by atoms with van der Waals surface area (Å²) in [4.78, 5) is 11.1. The molecular formula is C14H14Cl2O2. The Hall–Kier alpha value is -0.990. The summed E-state index contributed by atoms with van der Waals surface area (Å²) in [6, 6.07) is 7.18. The van der Waals surface area contributed by atoms with Crippen LogP contribution in [0.2, 0.25) is 5.02 Å². The Bertz CT molecular complexity index is 503. The molecule has 0 aromatic heterocycles. The summed E-state index contributed by atoms with van der Waals surface area (Å²) < 4.78 is 0. The highest BCUT2D eigenvalue weighted by Gasteiger charge is 2.60. The van der Waals surface area contributed by atoms with Crippen LogP contribution in [0, 0.1) is 17.3 Å². The molecule has 0 bridgehead atoms. The minimum absolute atomic E-state index is 0.0156. The molecule has 0 spiro atoms. The van der Waals surface area contributed by atoms with Crippen molar-refractivity contribution in [2.45, 2.75) is 13.8 Å². The largest absolute Gasteiger partial charge is 0.481 e. The molecule has 0 heterocycles. The van der Waals surface area contributed by atoms with Gasteiger partial charge in [0, 0.05) is 10.1 Å². The van der Waals surface area contributed by atoms with Crippen molar-refractivity contribution < 1.29 is 9.90 Å². The molecule has 0 amide bonds. The molecule has 2 unspecified atom stereocenters. The number of carboxylic acid groups (broad SMARTS) is 1. The summed E-state index contributed by atoms with van der Waals surface area (Å²) in [5.74, 6) is -1.13. The van der Waals surface area contributed by atoms with E-state index in [1.807, 2.05) is 32.1 Å². The third-order valence-electron chi connectivity index (χ3n) is 3.62. The monoisotopic (exact) mass is 284 g/mol. The number of allylic oxidation sites excluding steroid dienone is 1. The molecule has 1 aliphatic rings. The molecule has 2 atom stereocenters. The molecule has 18 heavy (non-hydrogen) atoms. The lowest BCUT2D eigenvalue weighted by atomic mass is 10.1. The van der Waals surface area contributed by atoms with Crippen LogP contribution in [-0.4, -0.2) is 11.1 Å². The molecule has 2 nitrogen and oxygen atoms in total. The standard InChI is InChI=1S/C14H14Cl2O2/c1-14(2)10(12(14)13(17)18)7-11(16)8-3-5-9(15)6-4-8/h3-7,10,12H,1-2H3,(H,17,18)/b11-7-. The predicted molar refractivity (Wildman–Crippen MR) is 73.7 cm³/mol. The average Bonchev–Trinajstić information content (AvgIpc) is 2.81. The van der Waals surface area contributed by atoms with Crippen LogP contribution in [0.1, 0.15) is 19.4 Å². The number of carbonyl (C=O) groups is 1. The predicted octanol–water partition coefficient (Wildman–Crippen LogP) is 4.28. The van der Waals surface area contributed by atoms with Crippen molar-refractivity contribution in [3.05, 3.63) is 40.9 Å². The number of rotatable bonds is 3. The van der Waals surface area contributed by atoms with Gasteiger partial charge in [-0.15, -0.1) is 0 Å². The van der Waals surface area contributed by atoms with Gasteiger partial charge < -0.3 is 5.11 Å². The van der Waals surface area contributed by atoms with Crippen molar-refractivity contribution in [3.8, 4) is 0 Å². The second-order valence-electron chi connectivity index (χ2n) is 5.18. The number of aliphatic carboxylic acids is 1. The molecule has 0 radical (unpaired) electrons. The van der Waals surface area contributed by atoms with Crippen LogP contribution in [0.4, 0.5) is 0 Å². The minimum atomic E-state index is -0.762. The SMILES string of the molecule is CC1(C)C(/C=C(\Cl)c2ccc(Cl)cc2)C1C(=O)O. The molecular weight excluding hydrogens is 271 g/mol. The lowest BCUT2D eigenvalue weighted by Gasteiger charge is -2.01. The van der Waals surface area contributed by atoms with E-state index < -0.39 is 5.97 Å². The zero-order valence-electron chi connectivity index (χ0n) is 10.2. The first-order valence-electron chi connectivity index (χ1n) is 5.70. The Kier molecular flexibility index (Phi) is 3.43. The van der Waals surface area contributed by atoms with E-state index in [1.165, 1.54) is 0 Å². The quantitative estimate of drug-likeness (QED) is 0.900. The Labute approximate surface area is 116 Å². The van der Waals surface area contributed by atoms with Gasteiger partial charge in [-0.05, 0) is 29.0 Å². The molecule has 0 saturated heterocycles. The van der Waals surface area contributed by atoms with E-state index in [0.717, 1.165) is 5.56 Å². The zero-order chi connectivity index (χ0) is 13.5. The third kappa shape index (κ3) is 2.40. The number of hydrogen-bond donors (Lipinski definition) is 1. The van der Waals surface area contributed by atoms with Gasteiger partial charge in [-0.1, -0.05) is 55.3 Å². The van der Waals surface area contributed by atoms with E-state index in [0.29, 0.717) is 10.1 Å². The maximum Gasteiger partial charge on any atom is 0.307 e. The molecule has 1 aromatic rings. The van der Waals surface area contributed by atoms with E-state index >= 15 is 0 Å². The number of hydrogen-bond acceptors (Lipinski definition) is 1. The fourth-order valence-corrected chi connectivity index (χ4v) is 2.71. The molecule has 1 saturated carbocycles. The highest BCUT2D eigenvalue weighted by Crippen LogP contribution is 2.59. The highest BCUT2D eigenvalue weighted by atomic mass is 35.5. The topological polar surface area (TPSA) is 37.3 Å². The van der Waals surface area contributed by atoms with Gasteiger partial charge in [0.1, 0.15) is 0 Å². The van der Waals surface area contributed by atoms with Gasteiger partial charge in [0.15, 0.2) is 0 Å². The van der Waals surface area contributed by atoms with E-state index in [9.17, 15) is 4.79 Å². The fraction of sp³-hybridized carbons (Fsp3) is 0.357. The molecule has 1 aliphatic carbocycles. The third-order valence-corrected chi connectivity index (χ3v) is 4.22. The maximum absolute atomic E-state index is 11.1. The summed E-state index contributed by atoms with van der Waals surface area (Å²) in [7, 11) is 0. The van der Waals surface area contributed by atoms with Gasteiger partial charge in [-0.3, -0.25) is 4.79 Å². The van der Waals surface area contributed by atoms with Gasteiger partial charge in [0.05, 0.1) is 5.92 Å². The smallest absolute Gasteiger partial charge is 0.307 e. The number of halogens is 2. The van der Waals surface area contributed by atoms with Crippen LogP contribution >= 0.6 is 23.2 Å². The van der Waals surface area contributed by atoms with Crippen molar-refractivity contribution >= 4 is 34.2 Å². The van der Waals surface area contributed by atoms with Crippen molar-refractivity contribution in [2.24, 2.45) is 17.3 Å². The van der Waals surface area contributed by atoms with E-state index in [2.05, 4.69) is 0 Å². The van der Waals surface area contributed by atoms with Crippen LogP contribution < -0.4 is 0 Å². The van der Waals surface area contributed by atoms with E-state index in [4.69, 9.17) is 28.3 Å². The summed E-state index contributed by atoms with van der Waals surface area (Å²) in [6.07, 6.45) is 1.84. The second kappa shape index (κ2) is 4.60. The first kappa shape index (κ1) is 13.4. The first-order chi connectivity index (χ1) is 8.34. The van der Waals surface area contributed by atoms with Gasteiger partial charge in [-0.2, -0.15) is 0 Å². The summed E-state index contributed by atoms with van der Waals surface area (Å²) in [5.41, 5.74) is 0.631. The van der Waals surface area contributed by atoms with Gasteiger partial charge in [-0.25, -0.2) is 0 Å². The Balaban J connectivity index is 2.20. The normalized spacial score (nSPS) is 25.9. The van der Waals surface area contributed by atoms with Crippen molar-refractivity contribution in [2.75, 3.05) is 0 Å². The van der Waals surface area contributed by atoms with Crippen molar-refractivity contribution in [1.29, 1.82) is 0 Å². The van der Waals surface area contributed by atoms with Crippen LogP contribution in [0.15, 0.2) is 30.3 Å². The van der Waals surface area contributed by atoms with Crippen LogP contribution in [0.25, 0.3) is 5.03 Å². The first-order valence-corrected chi connectivity index (χ1v) is 6.45. The molecule has 1 fully saturated rings.